The number of alkyl halides is 1. The van der Waals surface area contributed by atoms with E-state index in [9.17, 15) is 4.79 Å². The molecular weight excluding hydrogens is 361 g/mol. The van der Waals surface area contributed by atoms with Gasteiger partial charge in [-0.05, 0) is 0 Å². The summed E-state index contributed by atoms with van der Waals surface area (Å²) in [6.07, 6.45) is 0. The quantitative estimate of drug-likeness (QED) is 0.336. The number of carbonyl (C=O) groups is 1. The van der Waals surface area contributed by atoms with Crippen molar-refractivity contribution in [2.45, 2.75) is 0 Å². The molecule has 78 valence electrons. The van der Waals surface area contributed by atoms with Crippen LogP contribution in [0.1, 0.15) is 0 Å². The van der Waals surface area contributed by atoms with Gasteiger partial charge in [0, 0.05) is 0 Å². The van der Waals surface area contributed by atoms with Crippen LogP contribution in [0.3, 0.4) is 0 Å². The van der Waals surface area contributed by atoms with Crippen LogP contribution in [0.15, 0.2) is 12.1 Å². The number of halogens is 4. The SMILES string of the molecule is C[I-]C(=O)Oc1cc(Cl)c(Cl)cc1Cl. The van der Waals surface area contributed by atoms with Crippen molar-refractivity contribution in [2.24, 2.45) is 0 Å². The van der Waals surface area contributed by atoms with Crippen molar-refractivity contribution < 1.29 is 30.7 Å². The van der Waals surface area contributed by atoms with Crippen molar-refractivity contribution in [1.29, 1.82) is 0 Å². The minimum absolute atomic E-state index is 0.257. The van der Waals surface area contributed by atoms with Gasteiger partial charge in [-0.1, -0.05) is 0 Å². The third-order valence-electron chi connectivity index (χ3n) is 1.32. The monoisotopic (exact) mass is 365 g/mol. The standard InChI is InChI=1S/C8H5Cl3IO2/c1-12-8(13)14-7-3-5(10)4(9)2-6(7)11/h2-3H,1H3/q-1. The van der Waals surface area contributed by atoms with Crippen LogP contribution in [0.4, 0.5) is 4.79 Å². The second-order valence-electron chi connectivity index (χ2n) is 2.23. The van der Waals surface area contributed by atoms with E-state index >= 15 is 0 Å². The topological polar surface area (TPSA) is 26.3 Å². The Balaban J connectivity index is 2.98. The summed E-state index contributed by atoms with van der Waals surface area (Å²) in [4.78, 5) is 12.8. The summed E-state index contributed by atoms with van der Waals surface area (Å²) in [5, 5.41) is 0.932. The molecule has 14 heavy (non-hydrogen) atoms. The van der Waals surface area contributed by atoms with Gasteiger partial charge in [-0.25, -0.2) is 0 Å². The zero-order valence-electron chi connectivity index (χ0n) is 6.98. The van der Waals surface area contributed by atoms with Gasteiger partial charge in [-0.3, -0.25) is 0 Å². The Morgan fingerprint density at radius 2 is 1.79 bits per heavy atom. The van der Waals surface area contributed by atoms with Gasteiger partial charge in [-0.15, -0.1) is 0 Å². The van der Waals surface area contributed by atoms with Crippen LogP contribution in [0.5, 0.6) is 5.75 Å². The first-order chi connectivity index (χ1) is 6.54. The Kier molecular flexibility index (Phi) is 4.76. The Hall–Kier alpha value is 0.290. The summed E-state index contributed by atoms with van der Waals surface area (Å²) in [5.74, 6) is 0.257. The third kappa shape index (κ3) is 3.15. The van der Waals surface area contributed by atoms with Crippen molar-refractivity contribution in [3.63, 3.8) is 0 Å². The van der Waals surface area contributed by atoms with Gasteiger partial charge in [0.1, 0.15) is 0 Å². The molecule has 0 saturated heterocycles. The van der Waals surface area contributed by atoms with Gasteiger partial charge in [0.15, 0.2) is 0 Å². The summed E-state index contributed by atoms with van der Waals surface area (Å²) < 4.78 is 4.70. The molecule has 1 aromatic carbocycles. The average molecular weight is 366 g/mol. The van der Waals surface area contributed by atoms with Crippen LogP contribution in [-0.4, -0.2) is 8.91 Å². The molecular formula is C8H5Cl3IO2-. The molecule has 0 radical (unpaired) electrons. The molecule has 0 N–H and O–H groups in total. The van der Waals surface area contributed by atoms with Gasteiger partial charge >= 0.3 is 107 Å². The zero-order valence-corrected chi connectivity index (χ0v) is 11.4. The fourth-order valence-electron chi connectivity index (χ4n) is 0.708. The summed E-state index contributed by atoms with van der Waals surface area (Å²) in [7, 11) is 0. The number of ether oxygens (including phenoxy) is 1. The molecule has 0 unspecified atom stereocenters. The molecule has 6 heteroatoms. The van der Waals surface area contributed by atoms with Gasteiger partial charge < -0.3 is 0 Å². The fourth-order valence-corrected chi connectivity index (χ4v) is 1.74. The first-order valence-corrected chi connectivity index (χ1v) is 7.77. The molecule has 0 aliphatic carbocycles. The number of carbonyl (C=O) groups excluding carboxylic acids is 1. The number of benzene rings is 1. The molecule has 0 amide bonds. The maximum absolute atomic E-state index is 11.0. The molecule has 0 spiro atoms. The third-order valence-corrected chi connectivity index (χ3v) is 3.44. The maximum atomic E-state index is 11.0. The van der Waals surface area contributed by atoms with Crippen LogP contribution in [0.25, 0.3) is 0 Å². The predicted molar refractivity (Wildman–Crippen MR) is 53.4 cm³/mol. The number of hydrogen-bond donors (Lipinski definition) is 0. The van der Waals surface area contributed by atoms with E-state index < -0.39 is 21.2 Å². The average Bonchev–Trinajstić information content (AvgIpc) is 2.14. The van der Waals surface area contributed by atoms with Gasteiger partial charge in [-0.2, -0.15) is 0 Å². The van der Waals surface area contributed by atoms with Crippen LogP contribution < -0.4 is 25.9 Å². The molecule has 0 aromatic heterocycles. The van der Waals surface area contributed by atoms with E-state index in [4.69, 9.17) is 39.5 Å². The van der Waals surface area contributed by atoms with Crippen LogP contribution in [0, 0.1) is 0 Å². The predicted octanol–water partition coefficient (Wildman–Crippen LogP) is 0.864. The van der Waals surface area contributed by atoms with E-state index in [1.54, 1.807) is 4.93 Å². The van der Waals surface area contributed by atoms with Crippen molar-refractivity contribution in [3.05, 3.63) is 27.2 Å². The Morgan fingerprint density at radius 1 is 1.21 bits per heavy atom. The summed E-state index contributed by atoms with van der Waals surface area (Å²) in [6.45, 7) is 0. The molecule has 2 nitrogen and oxygen atoms in total. The first-order valence-electron chi connectivity index (χ1n) is 3.40. The van der Waals surface area contributed by atoms with Crippen LogP contribution in [-0.2, 0) is 0 Å². The molecule has 0 aliphatic heterocycles. The summed E-state index contributed by atoms with van der Waals surface area (Å²) in [6, 6.07) is 2.88. The summed E-state index contributed by atoms with van der Waals surface area (Å²) >= 11 is 16.6. The minimum atomic E-state index is -0.608. The summed E-state index contributed by atoms with van der Waals surface area (Å²) in [5.41, 5.74) is 0. The Morgan fingerprint density at radius 3 is 2.36 bits per heavy atom. The number of hydrogen-bond acceptors (Lipinski definition) is 2. The molecule has 0 aliphatic rings. The van der Waals surface area contributed by atoms with E-state index in [2.05, 4.69) is 0 Å². The second kappa shape index (κ2) is 5.39. The molecule has 0 fully saturated rings. The van der Waals surface area contributed by atoms with Gasteiger partial charge in [0.2, 0.25) is 0 Å². The van der Waals surface area contributed by atoms with Crippen molar-refractivity contribution in [2.75, 3.05) is 4.93 Å². The van der Waals surface area contributed by atoms with E-state index in [0.717, 1.165) is 0 Å². The Labute approximate surface area is 107 Å². The first kappa shape index (κ1) is 12.4. The molecule has 0 heterocycles. The van der Waals surface area contributed by atoms with Crippen molar-refractivity contribution in [1.82, 2.24) is 0 Å². The molecule has 1 rings (SSSR count). The Bertz CT molecular complexity index is 368. The zero-order chi connectivity index (χ0) is 10.7. The van der Waals surface area contributed by atoms with Crippen LogP contribution >= 0.6 is 34.8 Å². The molecule has 0 bridgehead atoms. The molecule has 0 atom stereocenters. The van der Waals surface area contributed by atoms with E-state index in [1.165, 1.54) is 12.1 Å². The second-order valence-corrected chi connectivity index (χ2v) is 5.41. The van der Waals surface area contributed by atoms with Crippen molar-refractivity contribution in [3.8, 4) is 5.75 Å². The normalized spacial score (nSPS) is 10.3. The number of rotatable bonds is 2. The fraction of sp³-hybridized carbons (Fsp3) is 0.125. The van der Waals surface area contributed by atoms with E-state index in [0.29, 0.717) is 10.0 Å². The molecule has 0 saturated carbocycles. The van der Waals surface area contributed by atoms with Crippen LogP contribution in [0.2, 0.25) is 15.1 Å². The molecule has 1 aromatic rings. The van der Waals surface area contributed by atoms with E-state index in [-0.39, 0.29) is 14.7 Å². The van der Waals surface area contributed by atoms with E-state index in [1.807, 2.05) is 0 Å². The van der Waals surface area contributed by atoms with Gasteiger partial charge in [0.25, 0.3) is 0 Å². The van der Waals surface area contributed by atoms with Crippen molar-refractivity contribution >= 4 is 38.8 Å². The van der Waals surface area contributed by atoms with Gasteiger partial charge in [0.05, 0.1) is 0 Å².